The van der Waals surface area contributed by atoms with Gasteiger partial charge in [-0.05, 0) is 33.7 Å². The van der Waals surface area contributed by atoms with Gasteiger partial charge in [-0.2, -0.15) is 0 Å². The Kier molecular flexibility index (Phi) is 15.0. The molecule has 0 amide bonds. The topological polar surface area (TPSA) is 52.6 Å². The van der Waals surface area contributed by atoms with Gasteiger partial charge in [-0.15, -0.1) is 0 Å². The summed E-state index contributed by atoms with van der Waals surface area (Å²) in [6, 6.07) is 15.4. The van der Waals surface area contributed by atoms with Gasteiger partial charge >= 0.3 is 0 Å². The summed E-state index contributed by atoms with van der Waals surface area (Å²) in [6.45, 7) is 16.1. The van der Waals surface area contributed by atoms with Gasteiger partial charge in [0.1, 0.15) is 11.5 Å². The molecule has 0 radical (unpaired) electrons. The molecule has 0 N–H and O–H groups in total. The lowest BCUT2D eigenvalue weighted by Crippen LogP contribution is -2.22. The van der Waals surface area contributed by atoms with Gasteiger partial charge in [-0.3, -0.25) is 9.59 Å². The quantitative estimate of drug-likeness (QED) is 0.336. The van der Waals surface area contributed by atoms with E-state index in [-0.39, 0.29) is 10.2 Å². The summed E-state index contributed by atoms with van der Waals surface area (Å²) in [5.74, 6) is 1.53. The van der Waals surface area contributed by atoms with Crippen molar-refractivity contribution in [1.29, 1.82) is 0 Å². The average Bonchev–Trinajstić information content (AvgIpc) is 2.84. The van der Waals surface area contributed by atoms with E-state index in [0.29, 0.717) is 12.8 Å². The molecule has 0 heterocycles. The van der Waals surface area contributed by atoms with Crippen molar-refractivity contribution in [3.63, 3.8) is 0 Å². The highest BCUT2D eigenvalue weighted by molar-refractivity contribution is 8.87. The Morgan fingerprint density at radius 2 is 0.941 bits per heavy atom. The van der Waals surface area contributed by atoms with Gasteiger partial charge in [0.05, 0.1) is 14.2 Å². The van der Waals surface area contributed by atoms with Gasteiger partial charge in [0.2, 0.25) is 10.2 Å². The third kappa shape index (κ3) is 9.75. The highest BCUT2D eigenvalue weighted by atomic mass is 33.1. The summed E-state index contributed by atoms with van der Waals surface area (Å²) in [5, 5.41) is -0.0568. The number of carbonyl (C=O) groups is 2. The molecule has 4 nitrogen and oxygen atoms in total. The largest absolute Gasteiger partial charge is 0.496 e. The number of ether oxygens (including phenoxy) is 2. The molecule has 0 fully saturated rings. The number of hydrogen-bond donors (Lipinski definition) is 0. The van der Waals surface area contributed by atoms with E-state index in [9.17, 15) is 9.59 Å². The second-order valence-electron chi connectivity index (χ2n) is 8.43. The molecule has 0 saturated carbocycles. The Balaban J connectivity index is 0.00000258. The van der Waals surface area contributed by atoms with Gasteiger partial charge in [-0.1, -0.05) is 91.8 Å². The number of rotatable bonds is 8. The predicted octanol–water partition coefficient (Wildman–Crippen LogP) is 8.23. The average molecular weight is 507 g/mol. The molecule has 2 aromatic rings. The van der Waals surface area contributed by atoms with Crippen molar-refractivity contribution in [2.45, 2.75) is 79.1 Å². The molecule has 0 aromatic heterocycles. The standard InChI is InChI=1S/C24H30O4S2.2C2H6/c1-23(2,17-11-7-9-13-19(17)27-5)15-21(25)29-30-22(26)16-24(3,4)18-12-8-10-14-20(18)28-6;2*1-2/h7-14H,15-16H2,1-6H3;2*1-2H3. The smallest absolute Gasteiger partial charge is 0.200 e. The van der Waals surface area contributed by atoms with Crippen LogP contribution in [0, 0.1) is 0 Å². The van der Waals surface area contributed by atoms with Crippen molar-refractivity contribution < 1.29 is 19.1 Å². The van der Waals surface area contributed by atoms with Crippen molar-refractivity contribution >= 4 is 31.8 Å². The highest BCUT2D eigenvalue weighted by Crippen LogP contribution is 2.40. The van der Waals surface area contributed by atoms with Crippen LogP contribution in [0.15, 0.2) is 48.5 Å². The van der Waals surface area contributed by atoms with E-state index in [1.807, 2.05) is 104 Å². The maximum absolute atomic E-state index is 12.6. The lowest BCUT2D eigenvalue weighted by Gasteiger charge is -2.27. The van der Waals surface area contributed by atoms with Gasteiger partial charge in [-0.25, -0.2) is 0 Å². The fourth-order valence-corrected chi connectivity index (χ4v) is 5.41. The van der Waals surface area contributed by atoms with Gasteiger partial charge in [0, 0.05) is 34.8 Å². The van der Waals surface area contributed by atoms with E-state index in [4.69, 9.17) is 9.47 Å². The third-order valence-corrected chi connectivity index (χ3v) is 7.18. The van der Waals surface area contributed by atoms with Crippen LogP contribution in [0.1, 0.15) is 79.4 Å². The summed E-state index contributed by atoms with van der Waals surface area (Å²) in [5.41, 5.74) is 1.18. The van der Waals surface area contributed by atoms with Crippen molar-refractivity contribution in [3.8, 4) is 11.5 Å². The van der Waals surface area contributed by atoms with Crippen LogP contribution in [-0.4, -0.2) is 24.5 Å². The maximum Gasteiger partial charge on any atom is 0.200 e. The lowest BCUT2D eigenvalue weighted by molar-refractivity contribution is -0.113. The van der Waals surface area contributed by atoms with Crippen LogP contribution in [0.5, 0.6) is 11.5 Å². The molecule has 0 unspecified atom stereocenters. The van der Waals surface area contributed by atoms with E-state index in [0.717, 1.165) is 44.2 Å². The SMILES string of the molecule is CC.CC.COc1ccccc1C(C)(C)CC(=O)SSC(=O)CC(C)(C)c1ccccc1OC. The first kappa shape index (κ1) is 32.1. The van der Waals surface area contributed by atoms with Crippen molar-refractivity contribution in [1.82, 2.24) is 0 Å². The third-order valence-electron chi connectivity index (χ3n) is 5.07. The molecular weight excluding hydrogens is 464 g/mol. The molecule has 6 heteroatoms. The second kappa shape index (κ2) is 15.9. The normalized spacial score (nSPS) is 10.8. The minimum absolute atomic E-state index is 0.0284. The molecule has 0 bridgehead atoms. The van der Waals surface area contributed by atoms with E-state index in [1.165, 1.54) is 0 Å². The molecule has 0 aliphatic carbocycles. The van der Waals surface area contributed by atoms with Gasteiger partial charge in [0.15, 0.2) is 0 Å². The summed E-state index contributed by atoms with van der Waals surface area (Å²) < 4.78 is 10.9. The second-order valence-corrected chi connectivity index (χ2v) is 10.7. The first-order valence-corrected chi connectivity index (χ1v) is 13.9. The van der Waals surface area contributed by atoms with Crippen LogP contribution in [0.2, 0.25) is 0 Å². The van der Waals surface area contributed by atoms with Crippen LogP contribution >= 0.6 is 21.6 Å². The fourth-order valence-electron chi connectivity index (χ4n) is 3.47. The molecular formula is C28H42O4S2. The van der Waals surface area contributed by atoms with Crippen LogP contribution in [-0.2, 0) is 20.4 Å². The molecule has 2 aromatic carbocycles. The molecule has 0 saturated heterocycles. The molecule has 0 aliphatic heterocycles. The molecule has 0 atom stereocenters. The first-order chi connectivity index (χ1) is 16.1. The Morgan fingerprint density at radius 1 is 0.647 bits per heavy atom. The monoisotopic (exact) mass is 506 g/mol. The van der Waals surface area contributed by atoms with Crippen LogP contribution in [0.3, 0.4) is 0 Å². The Bertz CT molecular complexity index is 818. The number of para-hydroxylation sites is 2. The minimum atomic E-state index is -0.392. The zero-order valence-electron chi connectivity index (χ0n) is 22.5. The van der Waals surface area contributed by atoms with Crippen LogP contribution in [0.4, 0.5) is 0 Å². The lowest BCUT2D eigenvalue weighted by atomic mass is 9.81. The summed E-state index contributed by atoms with van der Waals surface area (Å²) in [4.78, 5) is 25.2. The Labute approximate surface area is 215 Å². The van der Waals surface area contributed by atoms with Gasteiger partial charge < -0.3 is 9.47 Å². The Morgan fingerprint density at radius 3 is 1.24 bits per heavy atom. The fraction of sp³-hybridized carbons (Fsp3) is 0.500. The van der Waals surface area contributed by atoms with E-state index in [1.54, 1.807) is 14.2 Å². The van der Waals surface area contributed by atoms with Crippen molar-refractivity contribution in [2.75, 3.05) is 14.2 Å². The molecule has 0 aliphatic rings. The predicted molar refractivity (Wildman–Crippen MR) is 149 cm³/mol. The maximum atomic E-state index is 12.6. The molecule has 190 valence electrons. The van der Waals surface area contributed by atoms with Crippen LogP contribution in [0.25, 0.3) is 0 Å². The van der Waals surface area contributed by atoms with E-state index < -0.39 is 10.8 Å². The van der Waals surface area contributed by atoms with Crippen molar-refractivity contribution in [2.24, 2.45) is 0 Å². The molecule has 34 heavy (non-hydrogen) atoms. The van der Waals surface area contributed by atoms with Crippen molar-refractivity contribution in [3.05, 3.63) is 59.7 Å². The Hall–Kier alpha value is -1.92. The number of benzene rings is 2. The zero-order chi connectivity index (χ0) is 26.4. The highest BCUT2D eigenvalue weighted by Gasteiger charge is 2.30. The van der Waals surface area contributed by atoms with E-state index in [2.05, 4.69) is 0 Å². The summed E-state index contributed by atoms with van der Waals surface area (Å²) in [7, 11) is 5.30. The zero-order valence-corrected chi connectivity index (χ0v) is 24.1. The molecule has 2 rings (SSSR count). The van der Waals surface area contributed by atoms with Crippen LogP contribution < -0.4 is 9.47 Å². The first-order valence-electron chi connectivity index (χ1n) is 11.8. The summed E-state index contributed by atoms with van der Waals surface area (Å²) >= 11 is 0. The summed E-state index contributed by atoms with van der Waals surface area (Å²) in [6.07, 6.45) is 0.627. The number of hydrogen-bond acceptors (Lipinski definition) is 6. The van der Waals surface area contributed by atoms with E-state index >= 15 is 0 Å². The number of carbonyl (C=O) groups excluding carboxylic acids is 2. The number of methoxy groups -OCH3 is 2. The molecule has 0 spiro atoms. The minimum Gasteiger partial charge on any atom is -0.496 e. The van der Waals surface area contributed by atoms with Gasteiger partial charge in [0.25, 0.3) is 0 Å².